The lowest BCUT2D eigenvalue weighted by molar-refractivity contribution is 0.0936. The van der Waals surface area contributed by atoms with E-state index in [-0.39, 0.29) is 23.9 Å². The highest BCUT2D eigenvalue weighted by Crippen LogP contribution is 2.32. The molecule has 4 rings (SSSR count). The van der Waals surface area contributed by atoms with Crippen molar-refractivity contribution in [3.63, 3.8) is 0 Å². The quantitative estimate of drug-likeness (QED) is 0.418. The van der Waals surface area contributed by atoms with Crippen LogP contribution in [-0.4, -0.2) is 31.3 Å². The molecule has 1 amide bonds. The number of sulfone groups is 1. The number of amides is 1. The van der Waals surface area contributed by atoms with Crippen LogP contribution < -0.4 is 5.32 Å². The van der Waals surface area contributed by atoms with Crippen molar-refractivity contribution < 1.29 is 17.6 Å². The molecule has 7 heteroatoms. The summed E-state index contributed by atoms with van der Waals surface area (Å²) in [5.74, 6) is -0.497. The van der Waals surface area contributed by atoms with Gasteiger partial charge in [-0.25, -0.2) is 17.8 Å². The van der Waals surface area contributed by atoms with Crippen molar-refractivity contribution in [1.82, 2.24) is 10.3 Å². The molecule has 3 aromatic rings. The highest BCUT2D eigenvalue weighted by atomic mass is 32.2. The van der Waals surface area contributed by atoms with Gasteiger partial charge < -0.3 is 5.32 Å². The van der Waals surface area contributed by atoms with Crippen LogP contribution in [0.2, 0.25) is 0 Å². The van der Waals surface area contributed by atoms with E-state index in [9.17, 15) is 17.6 Å². The maximum atomic E-state index is 13.9. The van der Waals surface area contributed by atoms with Crippen LogP contribution in [-0.2, 0) is 16.3 Å². The van der Waals surface area contributed by atoms with E-state index < -0.39 is 15.9 Å². The summed E-state index contributed by atoms with van der Waals surface area (Å²) < 4.78 is 38.2. The minimum absolute atomic E-state index is 0.103. The first kappa shape index (κ1) is 25.8. The van der Waals surface area contributed by atoms with Gasteiger partial charge >= 0.3 is 0 Å². The number of nitrogens with zero attached hydrogens (tertiary/aromatic N) is 1. The lowest BCUT2D eigenvalue weighted by atomic mass is 9.90. The standard InChI is InChI=1S/C29H31FN2O3S/c1-4-25(20-10-8-12-22(30)18-20)32-29(33)27-23-13-5-6-14-26(23)31-28(21-11-7-9-19(2)17-21)24(27)15-16-36(3,34)35/h5-8,10-14,17-19,25H,4,9,15-16H2,1-3H3,(H,32,33). The Hall–Kier alpha value is -3.32. The summed E-state index contributed by atoms with van der Waals surface area (Å²) >= 11 is 0. The Morgan fingerprint density at radius 1 is 1.19 bits per heavy atom. The van der Waals surface area contributed by atoms with E-state index in [2.05, 4.69) is 24.4 Å². The average molecular weight is 507 g/mol. The molecule has 0 fully saturated rings. The number of allylic oxidation sites excluding steroid dienone is 4. The Morgan fingerprint density at radius 3 is 2.67 bits per heavy atom. The molecule has 188 valence electrons. The Balaban J connectivity index is 1.89. The first-order valence-corrected chi connectivity index (χ1v) is 14.3. The summed E-state index contributed by atoms with van der Waals surface area (Å²) in [6.45, 7) is 4.04. The average Bonchev–Trinajstić information content (AvgIpc) is 2.84. The molecule has 1 heterocycles. The number of fused-ring (bicyclic) bond motifs is 1. The van der Waals surface area contributed by atoms with Gasteiger partial charge in [-0.2, -0.15) is 0 Å². The van der Waals surface area contributed by atoms with Crippen LogP contribution in [0.25, 0.3) is 16.5 Å². The Bertz CT molecular complexity index is 1460. The molecule has 0 saturated carbocycles. The summed E-state index contributed by atoms with van der Waals surface area (Å²) in [5, 5.41) is 3.73. The van der Waals surface area contributed by atoms with Crippen LogP contribution in [0.4, 0.5) is 4.39 Å². The minimum atomic E-state index is -3.29. The van der Waals surface area contributed by atoms with Crippen LogP contribution >= 0.6 is 0 Å². The molecule has 36 heavy (non-hydrogen) atoms. The third-order valence-corrected chi connectivity index (χ3v) is 7.40. The molecule has 0 bridgehead atoms. The molecule has 0 aliphatic heterocycles. The largest absolute Gasteiger partial charge is 0.345 e. The van der Waals surface area contributed by atoms with Crippen molar-refractivity contribution in [1.29, 1.82) is 0 Å². The van der Waals surface area contributed by atoms with Gasteiger partial charge in [0.25, 0.3) is 5.91 Å². The summed E-state index contributed by atoms with van der Waals surface area (Å²) in [6.07, 6.45) is 9.01. The van der Waals surface area contributed by atoms with Gasteiger partial charge in [0, 0.05) is 11.6 Å². The fourth-order valence-electron chi connectivity index (χ4n) is 4.65. The van der Waals surface area contributed by atoms with E-state index in [0.29, 0.717) is 45.6 Å². The van der Waals surface area contributed by atoms with Crippen molar-refractivity contribution in [2.45, 2.75) is 39.2 Å². The first-order valence-electron chi connectivity index (χ1n) is 12.2. The monoisotopic (exact) mass is 506 g/mol. The predicted octanol–water partition coefficient (Wildman–Crippen LogP) is 5.82. The number of hydrogen-bond donors (Lipinski definition) is 1. The number of hydrogen-bond acceptors (Lipinski definition) is 4. The SMILES string of the molecule is CCC(NC(=O)c1c(CCS(C)(=O)=O)c(C2=CC(C)CC=C2)nc2ccccc12)c1cccc(F)c1. The van der Waals surface area contributed by atoms with Gasteiger partial charge in [0.05, 0.1) is 28.6 Å². The molecule has 0 saturated heterocycles. The molecular weight excluding hydrogens is 475 g/mol. The number of nitrogens with one attached hydrogen (secondary N) is 1. The van der Waals surface area contributed by atoms with Gasteiger partial charge in [0.15, 0.2) is 0 Å². The molecule has 1 N–H and O–H groups in total. The molecule has 1 aliphatic rings. The number of rotatable bonds is 8. The van der Waals surface area contributed by atoms with Gasteiger partial charge in [0.1, 0.15) is 15.7 Å². The van der Waals surface area contributed by atoms with Crippen LogP contribution in [0.1, 0.15) is 59.9 Å². The number of carbonyl (C=O) groups excluding carboxylic acids is 1. The second kappa shape index (κ2) is 10.7. The molecule has 1 aromatic heterocycles. The van der Waals surface area contributed by atoms with Gasteiger partial charge in [-0.3, -0.25) is 4.79 Å². The summed E-state index contributed by atoms with van der Waals surface area (Å²) in [6, 6.07) is 13.2. The number of halogens is 1. The fraction of sp³-hybridized carbons (Fsp3) is 0.310. The van der Waals surface area contributed by atoms with E-state index in [1.807, 2.05) is 37.3 Å². The lowest BCUT2D eigenvalue weighted by Crippen LogP contribution is -2.30. The lowest BCUT2D eigenvalue weighted by Gasteiger charge is -2.22. The third-order valence-electron chi connectivity index (χ3n) is 6.45. The van der Waals surface area contributed by atoms with Crippen molar-refractivity contribution in [3.8, 4) is 0 Å². The van der Waals surface area contributed by atoms with Crippen molar-refractivity contribution in [2.24, 2.45) is 5.92 Å². The van der Waals surface area contributed by atoms with E-state index in [1.54, 1.807) is 12.1 Å². The second-order valence-electron chi connectivity index (χ2n) is 9.44. The summed E-state index contributed by atoms with van der Waals surface area (Å²) in [5.41, 5.74) is 3.87. The Morgan fingerprint density at radius 2 is 1.97 bits per heavy atom. The van der Waals surface area contributed by atoms with E-state index in [0.717, 1.165) is 12.0 Å². The maximum absolute atomic E-state index is 13.9. The van der Waals surface area contributed by atoms with Gasteiger partial charge in [0.2, 0.25) is 0 Å². The smallest absolute Gasteiger partial charge is 0.252 e. The van der Waals surface area contributed by atoms with E-state index in [4.69, 9.17) is 4.98 Å². The molecule has 2 atom stereocenters. The Kier molecular flexibility index (Phi) is 7.69. The van der Waals surface area contributed by atoms with Gasteiger partial charge in [-0.15, -0.1) is 0 Å². The third kappa shape index (κ3) is 5.90. The number of benzene rings is 2. The predicted molar refractivity (Wildman–Crippen MR) is 143 cm³/mol. The number of carbonyl (C=O) groups is 1. The number of aromatic nitrogens is 1. The first-order chi connectivity index (χ1) is 17.2. The number of para-hydroxylation sites is 1. The summed E-state index contributed by atoms with van der Waals surface area (Å²) in [7, 11) is -3.29. The molecule has 2 unspecified atom stereocenters. The van der Waals surface area contributed by atoms with Crippen molar-refractivity contribution in [2.75, 3.05) is 12.0 Å². The van der Waals surface area contributed by atoms with Crippen molar-refractivity contribution in [3.05, 3.63) is 95.0 Å². The zero-order chi connectivity index (χ0) is 25.9. The molecular formula is C29H31FN2O3S. The van der Waals surface area contributed by atoms with Crippen LogP contribution in [0.15, 0.2) is 66.8 Å². The van der Waals surface area contributed by atoms with Crippen LogP contribution in [0, 0.1) is 11.7 Å². The van der Waals surface area contributed by atoms with Crippen molar-refractivity contribution >= 4 is 32.2 Å². The Labute approximate surface area is 212 Å². The molecule has 2 aromatic carbocycles. The molecule has 0 radical (unpaired) electrons. The second-order valence-corrected chi connectivity index (χ2v) is 11.7. The maximum Gasteiger partial charge on any atom is 0.252 e. The highest BCUT2D eigenvalue weighted by molar-refractivity contribution is 7.90. The van der Waals surface area contributed by atoms with Gasteiger partial charge in [-0.1, -0.05) is 62.4 Å². The molecule has 0 spiro atoms. The van der Waals surface area contributed by atoms with E-state index in [1.165, 1.54) is 18.4 Å². The highest BCUT2D eigenvalue weighted by Gasteiger charge is 2.25. The minimum Gasteiger partial charge on any atom is -0.345 e. The normalized spacial score (nSPS) is 16.6. The molecule has 1 aliphatic carbocycles. The zero-order valence-electron chi connectivity index (χ0n) is 20.8. The fourth-order valence-corrected chi connectivity index (χ4v) is 5.23. The zero-order valence-corrected chi connectivity index (χ0v) is 21.6. The summed E-state index contributed by atoms with van der Waals surface area (Å²) in [4.78, 5) is 18.8. The van der Waals surface area contributed by atoms with E-state index >= 15 is 0 Å². The number of pyridine rings is 1. The molecule has 5 nitrogen and oxygen atoms in total. The van der Waals surface area contributed by atoms with Gasteiger partial charge in [-0.05, 0) is 60.1 Å². The van der Waals surface area contributed by atoms with Crippen LogP contribution in [0.5, 0.6) is 0 Å². The van der Waals surface area contributed by atoms with Crippen LogP contribution in [0.3, 0.4) is 0 Å². The topological polar surface area (TPSA) is 76.1 Å².